The molecular weight excluding hydrogens is 406 g/mol. The van der Waals surface area contributed by atoms with E-state index in [1.54, 1.807) is 36.4 Å². The Morgan fingerprint density at radius 2 is 2.12 bits per heavy atom. The molecule has 3 aromatic rings. The quantitative estimate of drug-likeness (QED) is 0.388. The van der Waals surface area contributed by atoms with E-state index in [2.05, 4.69) is 23.4 Å². The number of methoxy groups -OCH3 is 1. The number of Topliss-reactive ketones (excluding diaryl/α,β-unsaturated/α-hetero) is 1. The van der Waals surface area contributed by atoms with Gasteiger partial charge in [0.1, 0.15) is 17.3 Å². The van der Waals surface area contributed by atoms with Crippen LogP contribution in [0.25, 0.3) is 10.9 Å². The van der Waals surface area contributed by atoms with Gasteiger partial charge in [-0.2, -0.15) is 5.10 Å². The van der Waals surface area contributed by atoms with Crippen LogP contribution in [-0.2, 0) is 4.79 Å². The first-order valence-electron chi connectivity index (χ1n) is 10.2. The Hall–Kier alpha value is -4.12. The summed E-state index contributed by atoms with van der Waals surface area (Å²) in [4.78, 5) is 29.8. The maximum atomic E-state index is 12.0. The minimum atomic E-state index is -0.0931. The number of rotatable bonds is 4. The molecule has 0 aliphatic carbocycles. The van der Waals surface area contributed by atoms with Gasteiger partial charge in [-0.15, -0.1) is 0 Å². The summed E-state index contributed by atoms with van der Waals surface area (Å²) in [5.74, 6) is 6.88. The highest BCUT2D eigenvalue weighted by Crippen LogP contribution is 2.29. The standard InChI is InChI=1S/C24H23N5O3/c1-4-22(31)28-10-8-18(14-28)29-21-7-9-26-24(25)23(21)20(27-29)6-5-16-11-17(15(2)30)13-19(12-16)32-3/h4,7,9,11-13,18H,1,8,10,14H2,2-3H3,(H2,25,26). The molecule has 162 valence electrons. The SMILES string of the molecule is C=CC(=O)N1CCC(n2nc(C#Cc3cc(OC)cc(C(C)=O)c3)c3c(N)nccc32)C1. The van der Waals surface area contributed by atoms with Crippen molar-refractivity contribution in [2.24, 2.45) is 0 Å². The molecule has 1 unspecified atom stereocenters. The predicted molar refractivity (Wildman–Crippen MR) is 121 cm³/mol. The van der Waals surface area contributed by atoms with Crippen LogP contribution in [0.2, 0.25) is 0 Å². The fraction of sp³-hybridized carbons (Fsp3) is 0.250. The molecular formula is C24H23N5O3. The first-order chi connectivity index (χ1) is 15.4. The number of carbonyl (C=O) groups excluding carboxylic acids is 2. The van der Waals surface area contributed by atoms with Crippen LogP contribution >= 0.6 is 0 Å². The average molecular weight is 429 g/mol. The Balaban J connectivity index is 1.76. The Morgan fingerprint density at radius 1 is 1.31 bits per heavy atom. The summed E-state index contributed by atoms with van der Waals surface area (Å²) in [5.41, 5.74) is 8.62. The number of benzene rings is 1. The molecule has 2 aromatic heterocycles. The van der Waals surface area contributed by atoms with Crippen molar-refractivity contribution < 1.29 is 14.3 Å². The molecule has 1 aliphatic heterocycles. The molecule has 0 radical (unpaired) electrons. The fourth-order valence-corrected chi connectivity index (χ4v) is 3.87. The number of nitrogens with zero attached hydrogens (tertiary/aromatic N) is 4. The fourth-order valence-electron chi connectivity index (χ4n) is 3.87. The van der Waals surface area contributed by atoms with E-state index in [-0.39, 0.29) is 17.7 Å². The highest BCUT2D eigenvalue weighted by Gasteiger charge is 2.28. The number of carbonyl (C=O) groups is 2. The molecule has 1 fully saturated rings. The predicted octanol–water partition coefficient (Wildman–Crippen LogP) is 2.58. The van der Waals surface area contributed by atoms with E-state index in [0.717, 1.165) is 11.9 Å². The van der Waals surface area contributed by atoms with E-state index in [4.69, 9.17) is 15.6 Å². The van der Waals surface area contributed by atoms with Gasteiger partial charge in [-0.05, 0) is 49.6 Å². The summed E-state index contributed by atoms with van der Waals surface area (Å²) in [5, 5.41) is 5.40. The zero-order valence-electron chi connectivity index (χ0n) is 18.0. The van der Waals surface area contributed by atoms with Gasteiger partial charge in [-0.25, -0.2) is 4.98 Å². The molecule has 3 heterocycles. The van der Waals surface area contributed by atoms with Crippen LogP contribution in [0.5, 0.6) is 5.75 Å². The van der Waals surface area contributed by atoms with Crippen LogP contribution in [-0.4, -0.2) is 51.6 Å². The van der Waals surface area contributed by atoms with Gasteiger partial charge in [-0.1, -0.05) is 12.5 Å². The van der Waals surface area contributed by atoms with Crippen molar-refractivity contribution in [1.82, 2.24) is 19.7 Å². The second kappa shape index (κ2) is 8.55. The van der Waals surface area contributed by atoms with Crippen molar-refractivity contribution in [3.05, 3.63) is 59.9 Å². The Morgan fingerprint density at radius 3 is 2.84 bits per heavy atom. The van der Waals surface area contributed by atoms with E-state index in [9.17, 15) is 9.59 Å². The van der Waals surface area contributed by atoms with E-state index in [0.29, 0.717) is 46.9 Å². The summed E-state index contributed by atoms with van der Waals surface area (Å²) in [6.07, 6.45) is 3.73. The average Bonchev–Trinajstić information content (AvgIpc) is 3.42. The number of nitrogens with two attached hydrogens (primary N) is 1. The van der Waals surface area contributed by atoms with Crippen molar-refractivity contribution in [3.63, 3.8) is 0 Å². The molecule has 4 rings (SSSR count). The van der Waals surface area contributed by atoms with E-state index in [1.807, 2.05) is 10.7 Å². The zero-order valence-corrected chi connectivity index (χ0v) is 18.0. The van der Waals surface area contributed by atoms with Crippen LogP contribution in [0, 0.1) is 11.8 Å². The summed E-state index contributed by atoms with van der Waals surface area (Å²) >= 11 is 0. The van der Waals surface area contributed by atoms with Gasteiger partial charge in [0, 0.05) is 30.4 Å². The van der Waals surface area contributed by atoms with Gasteiger partial charge in [0.2, 0.25) is 5.91 Å². The molecule has 8 nitrogen and oxygen atoms in total. The third-order valence-corrected chi connectivity index (χ3v) is 5.52. The lowest BCUT2D eigenvalue weighted by atomic mass is 10.1. The van der Waals surface area contributed by atoms with Crippen LogP contribution in [0.1, 0.15) is 41.0 Å². The summed E-state index contributed by atoms with van der Waals surface area (Å²) in [6.45, 7) is 6.23. The largest absolute Gasteiger partial charge is 0.497 e. The molecule has 8 heteroatoms. The number of hydrogen-bond donors (Lipinski definition) is 1. The molecule has 1 amide bonds. The maximum absolute atomic E-state index is 12.0. The minimum absolute atomic E-state index is 0.000107. The number of pyridine rings is 1. The lowest BCUT2D eigenvalue weighted by Gasteiger charge is -2.15. The highest BCUT2D eigenvalue weighted by molar-refractivity contribution is 5.95. The monoisotopic (exact) mass is 429 g/mol. The number of aromatic nitrogens is 3. The van der Waals surface area contributed by atoms with Crippen molar-refractivity contribution in [2.75, 3.05) is 25.9 Å². The number of likely N-dealkylation sites (tertiary alicyclic amines) is 1. The molecule has 0 saturated carbocycles. The van der Waals surface area contributed by atoms with Crippen LogP contribution in [0.4, 0.5) is 5.82 Å². The van der Waals surface area contributed by atoms with Gasteiger partial charge in [-0.3, -0.25) is 14.3 Å². The van der Waals surface area contributed by atoms with Gasteiger partial charge in [0.25, 0.3) is 0 Å². The number of nitrogen functional groups attached to an aromatic ring is 1. The highest BCUT2D eigenvalue weighted by atomic mass is 16.5. The molecule has 1 aliphatic rings. The van der Waals surface area contributed by atoms with Gasteiger partial charge >= 0.3 is 0 Å². The Kier molecular flexibility index (Phi) is 5.65. The van der Waals surface area contributed by atoms with Crippen LogP contribution in [0.15, 0.2) is 43.1 Å². The van der Waals surface area contributed by atoms with Gasteiger partial charge < -0.3 is 15.4 Å². The molecule has 32 heavy (non-hydrogen) atoms. The summed E-state index contributed by atoms with van der Waals surface area (Å²) < 4.78 is 7.16. The zero-order chi connectivity index (χ0) is 22.8. The number of hydrogen-bond acceptors (Lipinski definition) is 6. The smallest absolute Gasteiger partial charge is 0.246 e. The lowest BCUT2D eigenvalue weighted by Crippen LogP contribution is -2.27. The molecule has 1 aromatic carbocycles. The number of ketones is 1. The van der Waals surface area contributed by atoms with Crippen molar-refractivity contribution in [1.29, 1.82) is 0 Å². The Bertz CT molecular complexity index is 1300. The number of ether oxygens (including phenoxy) is 1. The first-order valence-corrected chi connectivity index (χ1v) is 10.2. The third-order valence-electron chi connectivity index (χ3n) is 5.52. The molecule has 1 atom stereocenters. The second-order valence-corrected chi connectivity index (χ2v) is 7.57. The minimum Gasteiger partial charge on any atom is -0.497 e. The second-order valence-electron chi connectivity index (χ2n) is 7.57. The van der Waals surface area contributed by atoms with Crippen molar-refractivity contribution >= 4 is 28.4 Å². The molecule has 1 saturated heterocycles. The van der Waals surface area contributed by atoms with Crippen molar-refractivity contribution in [3.8, 4) is 17.6 Å². The van der Waals surface area contributed by atoms with Crippen LogP contribution in [0.3, 0.4) is 0 Å². The summed E-state index contributed by atoms with van der Waals surface area (Å²) in [7, 11) is 1.54. The summed E-state index contributed by atoms with van der Waals surface area (Å²) in [6, 6.07) is 7.00. The number of amides is 1. The number of fused-ring (bicyclic) bond motifs is 1. The number of anilines is 1. The topological polar surface area (TPSA) is 103 Å². The first kappa shape index (κ1) is 21.1. The lowest BCUT2D eigenvalue weighted by molar-refractivity contribution is -0.125. The van der Waals surface area contributed by atoms with Gasteiger partial charge in [0.15, 0.2) is 5.78 Å². The van der Waals surface area contributed by atoms with Gasteiger partial charge in [0.05, 0.1) is 24.1 Å². The van der Waals surface area contributed by atoms with E-state index in [1.165, 1.54) is 13.0 Å². The third kappa shape index (κ3) is 3.93. The maximum Gasteiger partial charge on any atom is 0.246 e. The normalized spacial score (nSPS) is 15.3. The van der Waals surface area contributed by atoms with E-state index < -0.39 is 0 Å². The molecule has 0 spiro atoms. The Labute approximate surface area is 185 Å². The van der Waals surface area contributed by atoms with E-state index >= 15 is 0 Å². The van der Waals surface area contributed by atoms with Crippen molar-refractivity contribution in [2.45, 2.75) is 19.4 Å². The van der Waals surface area contributed by atoms with Crippen LogP contribution < -0.4 is 10.5 Å². The molecule has 0 bridgehead atoms. The molecule has 2 N–H and O–H groups in total.